The maximum atomic E-state index is 13.4. The van der Waals surface area contributed by atoms with E-state index in [1.807, 2.05) is 20.9 Å². The van der Waals surface area contributed by atoms with Crippen LogP contribution in [0.25, 0.3) is 0 Å². The lowest BCUT2D eigenvalue weighted by Gasteiger charge is -2.06. The highest BCUT2D eigenvalue weighted by molar-refractivity contribution is 5.31. The lowest BCUT2D eigenvalue weighted by Crippen LogP contribution is -2.07. The molecule has 1 aromatic carbocycles. The number of halogens is 1. The van der Waals surface area contributed by atoms with E-state index in [2.05, 4.69) is 11.4 Å². The van der Waals surface area contributed by atoms with Crippen molar-refractivity contribution in [3.63, 3.8) is 0 Å². The largest absolute Gasteiger partial charge is 0.320 e. The molecule has 2 heteroatoms. The van der Waals surface area contributed by atoms with Crippen molar-refractivity contribution in [3.05, 3.63) is 34.6 Å². The van der Waals surface area contributed by atoms with Crippen LogP contribution in [-0.2, 0) is 6.42 Å². The van der Waals surface area contributed by atoms with Crippen LogP contribution in [0.4, 0.5) is 4.39 Å². The van der Waals surface area contributed by atoms with Gasteiger partial charge < -0.3 is 5.32 Å². The molecule has 0 radical (unpaired) electrons. The van der Waals surface area contributed by atoms with Crippen molar-refractivity contribution >= 4 is 0 Å². The van der Waals surface area contributed by atoms with Crippen molar-refractivity contribution < 1.29 is 4.39 Å². The predicted octanol–water partition coefficient (Wildman–Crippen LogP) is 2.98. The van der Waals surface area contributed by atoms with Gasteiger partial charge in [-0.25, -0.2) is 4.39 Å². The normalized spacial score (nSPS) is 10.7. The van der Waals surface area contributed by atoms with Gasteiger partial charge in [-0.2, -0.15) is 0 Å². The molecule has 1 nitrogen and oxygen atoms in total. The van der Waals surface area contributed by atoms with Crippen LogP contribution < -0.4 is 5.32 Å². The Kier molecular flexibility index (Phi) is 4.76. The van der Waals surface area contributed by atoms with E-state index < -0.39 is 0 Å². The molecule has 0 spiro atoms. The van der Waals surface area contributed by atoms with E-state index in [-0.39, 0.29) is 5.82 Å². The van der Waals surface area contributed by atoms with E-state index >= 15 is 0 Å². The van der Waals surface area contributed by atoms with Gasteiger partial charge in [0.1, 0.15) is 5.82 Å². The molecule has 15 heavy (non-hydrogen) atoms. The van der Waals surface area contributed by atoms with Crippen LogP contribution in [0.15, 0.2) is 12.1 Å². The second-order valence-corrected chi connectivity index (χ2v) is 4.08. The summed E-state index contributed by atoms with van der Waals surface area (Å²) < 4.78 is 13.4. The molecule has 1 rings (SSSR count). The summed E-state index contributed by atoms with van der Waals surface area (Å²) >= 11 is 0. The Balaban J connectivity index is 2.55. The molecule has 0 aliphatic heterocycles. The number of aryl methyl sites for hydroxylation is 2. The Hall–Kier alpha value is -0.890. The zero-order valence-corrected chi connectivity index (χ0v) is 9.86. The summed E-state index contributed by atoms with van der Waals surface area (Å²) in [4.78, 5) is 0. The van der Waals surface area contributed by atoms with E-state index in [0.29, 0.717) is 0 Å². The van der Waals surface area contributed by atoms with Crippen LogP contribution in [0.1, 0.15) is 29.5 Å². The maximum Gasteiger partial charge on any atom is 0.126 e. The Labute approximate surface area is 91.7 Å². The fraction of sp³-hybridized carbons (Fsp3) is 0.538. The first kappa shape index (κ1) is 12.2. The minimum absolute atomic E-state index is 0.0707. The summed E-state index contributed by atoms with van der Waals surface area (Å²) in [6.45, 7) is 4.83. The zero-order valence-electron chi connectivity index (χ0n) is 9.86. The van der Waals surface area contributed by atoms with Crippen molar-refractivity contribution in [2.45, 2.75) is 33.1 Å². The van der Waals surface area contributed by atoms with Crippen molar-refractivity contribution in [3.8, 4) is 0 Å². The Morgan fingerprint density at radius 3 is 2.53 bits per heavy atom. The first-order valence-corrected chi connectivity index (χ1v) is 5.55. The zero-order chi connectivity index (χ0) is 11.3. The Morgan fingerprint density at radius 2 is 1.93 bits per heavy atom. The number of unbranched alkanes of at least 4 members (excludes halogenated alkanes) is 1. The number of hydrogen-bond donors (Lipinski definition) is 1. The van der Waals surface area contributed by atoms with Gasteiger partial charge >= 0.3 is 0 Å². The number of hydrogen-bond acceptors (Lipinski definition) is 1. The van der Waals surface area contributed by atoms with Crippen molar-refractivity contribution in [2.75, 3.05) is 13.6 Å². The lowest BCUT2D eigenvalue weighted by atomic mass is 10.0. The van der Waals surface area contributed by atoms with E-state index in [1.165, 1.54) is 0 Å². The molecule has 0 atom stereocenters. The minimum Gasteiger partial charge on any atom is -0.320 e. The van der Waals surface area contributed by atoms with E-state index in [0.717, 1.165) is 42.5 Å². The highest BCUT2D eigenvalue weighted by Crippen LogP contribution is 2.16. The van der Waals surface area contributed by atoms with Gasteiger partial charge in [0.2, 0.25) is 0 Å². The minimum atomic E-state index is -0.0707. The third-order valence-electron chi connectivity index (χ3n) is 2.81. The summed E-state index contributed by atoms with van der Waals surface area (Å²) in [5, 5.41) is 3.11. The Morgan fingerprint density at radius 1 is 1.20 bits per heavy atom. The molecule has 84 valence electrons. The van der Waals surface area contributed by atoms with E-state index in [9.17, 15) is 4.39 Å². The average molecular weight is 209 g/mol. The maximum absolute atomic E-state index is 13.4. The second-order valence-electron chi connectivity index (χ2n) is 4.08. The van der Waals surface area contributed by atoms with Gasteiger partial charge in [-0.15, -0.1) is 0 Å². The van der Waals surface area contributed by atoms with E-state index in [1.54, 1.807) is 6.07 Å². The van der Waals surface area contributed by atoms with E-state index in [4.69, 9.17) is 0 Å². The van der Waals surface area contributed by atoms with Crippen molar-refractivity contribution in [1.29, 1.82) is 0 Å². The van der Waals surface area contributed by atoms with Crippen molar-refractivity contribution in [1.82, 2.24) is 5.32 Å². The van der Waals surface area contributed by atoms with Gasteiger partial charge in [-0.05, 0) is 69.5 Å². The summed E-state index contributed by atoms with van der Waals surface area (Å²) in [7, 11) is 1.95. The molecule has 0 amide bonds. The van der Waals surface area contributed by atoms with Gasteiger partial charge in [-0.1, -0.05) is 6.07 Å². The SMILES string of the molecule is CNCCCCc1cc(C)c(C)c(F)c1. The molecule has 1 aromatic rings. The van der Waals surface area contributed by atoms with Gasteiger partial charge in [0, 0.05) is 0 Å². The highest BCUT2D eigenvalue weighted by atomic mass is 19.1. The summed E-state index contributed by atoms with van der Waals surface area (Å²) in [5.41, 5.74) is 2.94. The third-order valence-corrected chi connectivity index (χ3v) is 2.81. The second kappa shape index (κ2) is 5.86. The molecule has 0 saturated heterocycles. The van der Waals surface area contributed by atoms with Crippen LogP contribution in [0.5, 0.6) is 0 Å². The molecule has 1 N–H and O–H groups in total. The number of nitrogens with one attached hydrogen (secondary N) is 1. The van der Waals surface area contributed by atoms with Crippen LogP contribution in [0, 0.1) is 19.7 Å². The molecule has 0 aromatic heterocycles. The monoisotopic (exact) mass is 209 g/mol. The molecule has 0 heterocycles. The number of rotatable bonds is 5. The third kappa shape index (κ3) is 3.63. The smallest absolute Gasteiger partial charge is 0.126 e. The van der Waals surface area contributed by atoms with Crippen LogP contribution in [0.3, 0.4) is 0 Å². The van der Waals surface area contributed by atoms with Gasteiger partial charge in [-0.3, -0.25) is 0 Å². The summed E-state index contributed by atoms with van der Waals surface area (Å²) in [5.74, 6) is -0.0707. The van der Waals surface area contributed by atoms with Gasteiger partial charge in [0.25, 0.3) is 0 Å². The molecule has 0 aliphatic carbocycles. The topological polar surface area (TPSA) is 12.0 Å². The fourth-order valence-electron chi connectivity index (χ4n) is 1.66. The van der Waals surface area contributed by atoms with Gasteiger partial charge in [0.15, 0.2) is 0 Å². The number of benzene rings is 1. The molecular weight excluding hydrogens is 189 g/mol. The highest BCUT2D eigenvalue weighted by Gasteiger charge is 2.03. The van der Waals surface area contributed by atoms with Crippen molar-refractivity contribution in [2.24, 2.45) is 0 Å². The quantitative estimate of drug-likeness (QED) is 0.735. The fourth-order valence-corrected chi connectivity index (χ4v) is 1.66. The van der Waals surface area contributed by atoms with Gasteiger partial charge in [0.05, 0.1) is 0 Å². The average Bonchev–Trinajstić information content (AvgIpc) is 2.21. The Bertz CT molecular complexity index is 297. The van der Waals surface area contributed by atoms with Crippen LogP contribution in [-0.4, -0.2) is 13.6 Å². The molecular formula is C13H20FN. The van der Waals surface area contributed by atoms with Crippen LogP contribution in [0.2, 0.25) is 0 Å². The standard InChI is InChI=1S/C13H20FN/c1-10-8-12(6-4-5-7-15-3)9-13(14)11(10)2/h8-9,15H,4-7H2,1-3H3. The first-order valence-electron chi connectivity index (χ1n) is 5.55. The lowest BCUT2D eigenvalue weighted by molar-refractivity contribution is 0.611. The summed E-state index contributed by atoms with van der Waals surface area (Å²) in [6, 6.07) is 3.76. The molecule has 0 unspecified atom stereocenters. The molecule has 0 bridgehead atoms. The summed E-state index contributed by atoms with van der Waals surface area (Å²) in [6.07, 6.45) is 3.23. The molecule has 0 saturated carbocycles. The molecule has 0 fully saturated rings. The predicted molar refractivity (Wildman–Crippen MR) is 62.7 cm³/mol. The molecule has 0 aliphatic rings. The van der Waals surface area contributed by atoms with Crippen LogP contribution >= 0.6 is 0 Å². The first-order chi connectivity index (χ1) is 7.15.